The molecule has 0 saturated heterocycles. The van der Waals surface area contributed by atoms with Crippen LogP contribution < -0.4 is 4.72 Å². The zero-order valence-corrected chi connectivity index (χ0v) is 10.00. The fourth-order valence-electron chi connectivity index (χ4n) is 0.610. The monoisotopic (exact) mass is 239 g/mol. The summed E-state index contributed by atoms with van der Waals surface area (Å²) in [7, 11) is 0. The lowest BCUT2D eigenvalue weighted by atomic mass is 10.2. The molecule has 6 heteroatoms. The third kappa shape index (κ3) is 4.93. The third-order valence-electron chi connectivity index (χ3n) is 1.36. The molecule has 1 fully saturated rings. The van der Waals surface area contributed by atoms with E-state index in [0.717, 1.165) is 25.1 Å². The van der Waals surface area contributed by atoms with E-state index in [1.807, 2.05) is 0 Å². The average Bonchev–Trinajstić information content (AvgIpc) is 2.64. The molecule has 0 bridgehead atoms. The van der Waals surface area contributed by atoms with Crippen LogP contribution in [0.3, 0.4) is 0 Å². The molecule has 1 N–H and O–H groups in total. The number of ether oxygens (including phenoxy) is 1. The molecule has 1 rings (SSSR count). The Labute approximate surface area is 93.0 Å². The highest BCUT2D eigenvalue weighted by atomic mass is 35.5. The fourth-order valence-corrected chi connectivity index (χ4v) is 1.27. The van der Waals surface area contributed by atoms with Crippen LogP contribution in [0.2, 0.25) is 0 Å². The number of carbonyl (C=O) groups is 1. The molecule has 0 unspecified atom stereocenters. The van der Waals surface area contributed by atoms with Crippen molar-refractivity contribution in [3.8, 4) is 0 Å². The maximum Gasteiger partial charge on any atom is 0.419 e. The molecule has 0 aromatic rings. The lowest BCUT2D eigenvalue weighted by molar-refractivity contribution is 0.0570. The lowest BCUT2D eigenvalue weighted by Gasteiger charge is -2.19. The number of rotatable bonds is 3. The van der Waals surface area contributed by atoms with E-state index in [9.17, 15) is 4.79 Å². The van der Waals surface area contributed by atoms with Crippen molar-refractivity contribution >= 4 is 29.9 Å². The van der Waals surface area contributed by atoms with Crippen LogP contribution in [0.1, 0.15) is 33.6 Å². The second-order valence-electron chi connectivity index (χ2n) is 4.15. The van der Waals surface area contributed by atoms with Crippen molar-refractivity contribution < 1.29 is 13.7 Å². The Morgan fingerprint density at radius 2 is 2.07 bits per heavy atom. The molecule has 1 aliphatic carbocycles. The van der Waals surface area contributed by atoms with Gasteiger partial charge in [-0.1, -0.05) is 11.6 Å². The molecule has 0 heterocycles. The second-order valence-corrected chi connectivity index (χ2v) is 5.38. The minimum atomic E-state index is -0.570. The molecule has 0 atom stereocenters. The Kier molecular flexibility index (Phi) is 3.55. The van der Waals surface area contributed by atoms with Crippen molar-refractivity contribution in [3.05, 3.63) is 0 Å². The van der Waals surface area contributed by atoms with Crippen LogP contribution in [0.25, 0.3) is 0 Å². The number of hydrogen-bond acceptors (Lipinski definition) is 4. The van der Waals surface area contributed by atoms with E-state index < -0.39 is 16.8 Å². The van der Waals surface area contributed by atoms with Crippen molar-refractivity contribution in [1.82, 2.24) is 4.72 Å². The first-order valence-corrected chi connectivity index (χ1v) is 5.45. The minimum Gasteiger partial charge on any atom is -0.443 e. The molecule has 0 spiro atoms. The highest BCUT2D eigenvalue weighted by Crippen LogP contribution is 2.45. The highest BCUT2D eigenvalue weighted by Gasteiger charge is 2.43. The number of amides is 1. The van der Waals surface area contributed by atoms with Crippen LogP contribution in [-0.2, 0) is 8.92 Å². The number of hydrogen-bond donors (Lipinski definition) is 1. The van der Waals surface area contributed by atoms with Gasteiger partial charge in [-0.2, -0.15) is 0 Å². The second kappa shape index (κ2) is 4.16. The molecule has 0 aromatic heterocycles. The summed E-state index contributed by atoms with van der Waals surface area (Å²) in [6.07, 6.45) is 1.11. The van der Waals surface area contributed by atoms with Crippen LogP contribution in [0.15, 0.2) is 0 Å². The van der Waals surface area contributed by atoms with Gasteiger partial charge in [0.1, 0.15) is 17.8 Å². The van der Waals surface area contributed by atoms with Gasteiger partial charge in [-0.05, 0) is 33.6 Å². The Hall–Kier alpha value is -0.130. The van der Waals surface area contributed by atoms with Crippen LogP contribution >= 0.6 is 23.8 Å². The summed E-state index contributed by atoms with van der Waals surface area (Å²) in [6, 6.07) is 0. The topological polar surface area (TPSA) is 47.6 Å². The van der Waals surface area contributed by atoms with Crippen molar-refractivity contribution in [1.29, 1.82) is 0 Å². The number of nitrogens with one attached hydrogen (secondary N) is 1. The molecule has 0 aromatic carbocycles. The van der Waals surface area contributed by atoms with E-state index >= 15 is 0 Å². The Morgan fingerprint density at radius 3 is 2.50 bits per heavy atom. The summed E-state index contributed by atoms with van der Waals surface area (Å²) in [4.78, 5) is 11.1. The summed E-state index contributed by atoms with van der Waals surface area (Å²) in [5, 5.41) is -0.570. The summed E-state index contributed by atoms with van der Waals surface area (Å²) in [5.74, 6) is 0. The molecule has 14 heavy (non-hydrogen) atoms. The van der Waals surface area contributed by atoms with E-state index in [2.05, 4.69) is 4.72 Å². The smallest absolute Gasteiger partial charge is 0.419 e. The van der Waals surface area contributed by atoms with Crippen LogP contribution in [0.5, 0.6) is 0 Å². The van der Waals surface area contributed by atoms with Gasteiger partial charge in [-0.25, -0.2) is 9.52 Å². The highest BCUT2D eigenvalue weighted by molar-refractivity contribution is 7.93. The first kappa shape index (κ1) is 11.9. The largest absolute Gasteiger partial charge is 0.443 e. The first-order valence-electron chi connectivity index (χ1n) is 4.33. The zero-order chi connectivity index (χ0) is 10.8. The SMILES string of the molecule is CC(C)(C)OC(=O)NSOC1(Cl)CC1. The van der Waals surface area contributed by atoms with E-state index in [1.54, 1.807) is 20.8 Å². The normalized spacial score (nSPS) is 18.9. The van der Waals surface area contributed by atoms with Gasteiger partial charge in [-0.3, -0.25) is 4.18 Å². The number of halogens is 1. The molecule has 0 radical (unpaired) electrons. The van der Waals surface area contributed by atoms with E-state index in [-0.39, 0.29) is 0 Å². The Balaban J connectivity index is 2.09. The van der Waals surface area contributed by atoms with Crippen LogP contribution in [-0.4, -0.2) is 16.8 Å². The summed E-state index contributed by atoms with van der Waals surface area (Å²) >= 11 is 6.64. The van der Waals surface area contributed by atoms with Crippen LogP contribution in [0.4, 0.5) is 4.79 Å². The predicted molar refractivity (Wildman–Crippen MR) is 55.9 cm³/mol. The maximum absolute atomic E-state index is 11.1. The van der Waals surface area contributed by atoms with Crippen molar-refractivity contribution in [2.24, 2.45) is 0 Å². The van der Waals surface area contributed by atoms with E-state index in [0.29, 0.717) is 0 Å². The van der Waals surface area contributed by atoms with Gasteiger partial charge in [0.05, 0.1) is 0 Å². The molecule has 1 amide bonds. The van der Waals surface area contributed by atoms with Gasteiger partial charge in [0.15, 0.2) is 5.06 Å². The van der Waals surface area contributed by atoms with Crippen molar-refractivity contribution in [2.75, 3.05) is 0 Å². The van der Waals surface area contributed by atoms with Gasteiger partial charge in [-0.15, -0.1) is 0 Å². The molecule has 0 aliphatic heterocycles. The van der Waals surface area contributed by atoms with Gasteiger partial charge in [0, 0.05) is 0 Å². The van der Waals surface area contributed by atoms with Crippen molar-refractivity contribution in [3.63, 3.8) is 0 Å². The Morgan fingerprint density at radius 1 is 1.50 bits per heavy atom. The van der Waals surface area contributed by atoms with Gasteiger partial charge >= 0.3 is 6.09 Å². The number of alkyl halides is 1. The average molecular weight is 240 g/mol. The zero-order valence-electron chi connectivity index (χ0n) is 8.43. The van der Waals surface area contributed by atoms with Crippen LogP contribution in [0, 0.1) is 0 Å². The fraction of sp³-hybridized carbons (Fsp3) is 0.875. The molecule has 1 aliphatic rings. The van der Waals surface area contributed by atoms with Gasteiger partial charge in [0.2, 0.25) is 0 Å². The standard InChI is InChI=1S/C8H14ClNO3S/c1-7(2,3)12-6(11)10-14-13-8(9)4-5-8/h4-5H2,1-3H3,(H,10,11). The molecule has 82 valence electrons. The first-order chi connectivity index (χ1) is 6.31. The maximum atomic E-state index is 11.1. The summed E-state index contributed by atoms with van der Waals surface area (Å²) in [5.41, 5.74) is -0.497. The Bertz CT molecular complexity index is 225. The minimum absolute atomic E-state index is 0.497. The predicted octanol–water partition coefficient (Wildman–Crippen LogP) is 2.82. The summed E-state index contributed by atoms with van der Waals surface area (Å²) in [6.45, 7) is 5.38. The lowest BCUT2D eigenvalue weighted by Crippen LogP contribution is -2.29. The quantitative estimate of drug-likeness (QED) is 0.467. The summed E-state index contributed by atoms with van der Waals surface area (Å²) < 4.78 is 12.5. The molecule has 4 nitrogen and oxygen atoms in total. The van der Waals surface area contributed by atoms with Gasteiger partial charge < -0.3 is 4.74 Å². The number of carbonyl (C=O) groups excluding carboxylic acids is 1. The van der Waals surface area contributed by atoms with Crippen molar-refractivity contribution in [2.45, 2.75) is 44.3 Å². The molecular formula is C8H14ClNO3S. The molecular weight excluding hydrogens is 226 g/mol. The van der Waals surface area contributed by atoms with E-state index in [4.69, 9.17) is 20.5 Å². The van der Waals surface area contributed by atoms with Gasteiger partial charge in [0.25, 0.3) is 0 Å². The molecule has 1 saturated carbocycles. The van der Waals surface area contributed by atoms with E-state index in [1.165, 1.54) is 0 Å². The third-order valence-corrected chi connectivity index (χ3v) is 2.56.